The van der Waals surface area contributed by atoms with Crippen molar-refractivity contribution in [1.82, 2.24) is 10.3 Å². The Morgan fingerprint density at radius 1 is 1.24 bits per heavy atom. The Labute approximate surface area is 140 Å². The van der Waals surface area contributed by atoms with E-state index in [1.165, 1.54) is 14.9 Å². The molecule has 0 saturated carbocycles. The molecule has 0 aliphatic heterocycles. The van der Waals surface area contributed by atoms with Crippen LogP contribution in [-0.4, -0.2) is 17.1 Å². The minimum atomic E-state index is 0.153. The van der Waals surface area contributed by atoms with Crippen LogP contribution in [0.1, 0.15) is 31.2 Å². The first kappa shape index (κ1) is 16.7. The van der Waals surface area contributed by atoms with Crippen LogP contribution in [0.4, 0.5) is 0 Å². The summed E-state index contributed by atoms with van der Waals surface area (Å²) in [7, 11) is 0. The van der Waals surface area contributed by atoms with Gasteiger partial charge in [0.2, 0.25) is 0 Å². The summed E-state index contributed by atoms with van der Waals surface area (Å²) in [5, 5.41) is 3.64. The van der Waals surface area contributed by atoms with E-state index in [9.17, 15) is 0 Å². The van der Waals surface area contributed by atoms with Gasteiger partial charge in [-0.05, 0) is 57.7 Å². The molecule has 2 aromatic rings. The summed E-state index contributed by atoms with van der Waals surface area (Å²) in [5.74, 6) is 0.573. The molecule has 0 aliphatic carbocycles. The molecular weight excluding hydrogens is 344 g/mol. The molecule has 0 fully saturated rings. The molecule has 2 nitrogen and oxygen atoms in total. The van der Waals surface area contributed by atoms with Crippen LogP contribution >= 0.6 is 27.3 Å². The maximum Gasteiger partial charge on any atom is 0.0794 e. The van der Waals surface area contributed by atoms with Crippen LogP contribution in [0.25, 0.3) is 0 Å². The van der Waals surface area contributed by atoms with Gasteiger partial charge in [0.05, 0.1) is 5.51 Å². The molecule has 0 spiro atoms. The van der Waals surface area contributed by atoms with Gasteiger partial charge in [0, 0.05) is 21.1 Å². The molecule has 4 heteroatoms. The van der Waals surface area contributed by atoms with E-state index in [2.05, 4.69) is 71.3 Å². The third-order valence-electron chi connectivity index (χ3n) is 3.36. The van der Waals surface area contributed by atoms with Gasteiger partial charge in [-0.1, -0.05) is 34.1 Å². The molecule has 114 valence electrons. The van der Waals surface area contributed by atoms with E-state index < -0.39 is 0 Å². The fourth-order valence-electron chi connectivity index (χ4n) is 2.27. The second-order valence-electron chi connectivity index (χ2n) is 6.46. The van der Waals surface area contributed by atoms with E-state index >= 15 is 0 Å². The van der Waals surface area contributed by atoms with E-state index in [-0.39, 0.29) is 5.54 Å². The zero-order chi connectivity index (χ0) is 15.3. The van der Waals surface area contributed by atoms with Gasteiger partial charge in [0.25, 0.3) is 0 Å². The van der Waals surface area contributed by atoms with Gasteiger partial charge in [-0.15, -0.1) is 11.3 Å². The van der Waals surface area contributed by atoms with Crippen LogP contribution in [0.3, 0.4) is 0 Å². The van der Waals surface area contributed by atoms with Crippen molar-refractivity contribution in [2.75, 3.05) is 6.54 Å². The molecule has 2 rings (SSSR count). The van der Waals surface area contributed by atoms with E-state index in [0.29, 0.717) is 5.92 Å². The zero-order valence-corrected chi connectivity index (χ0v) is 15.3. The second-order valence-corrected chi connectivity index (χ2v) is 8.29. The largest absolute Gasteiger partial charge is 0.312 e. The highest BCUT2D eigenvalue weighted by molar-refractivity contribution is 9.10. The predicted molar refractivity (Wildman–Crippen MR) is 94.9 cm³/mol. The monoisotopic (exact) mass is 366 g/mol. The van der Waals surface area contributed by atoms with Gasteiger partial charge < -0.3 is 5.32 Å². The average molecular weight is 367 g/mol. The van der Waals surface area contributed by atoms with Crippen molar-refractivity contribution in [1.29, 1.82) is 0 Å². The van der Waals surface area contributed by atoms with Crippen LogP contribution < -0.4 is 5.32 Å². The van der Waals surface area contributed by atoms with Crippen LogP contribution in [0.5, 0.6) is 0 Å². The summed E-state index contributed by atoms with van der Waals surface area (Å²) >= 11 is 5.41. The highest BCUT2D eigenvalue weighted by atomic mass is 79.9. The quantitative estimate of drug-likeness (QED) is 0.801. The Balaban J connectivity index is 2.06. The molecule has 0 amide bonds. The van der Waals surface area contributed by atoms with Gasteiger partial charge in [-0.3, -0.25) is 4.98 Å². The van der Waals surface area contributed by atoms with Crippen molar-refractivity contribution in [3.05, 3.63) is 50.9 Å². The number of thiazole rings is 1. The Morgan fingerprint density at radius 3 is 2.62 bits per heavy atom. The maximum atomic E-state index is 4.20. The molecule has 0 bridgehead atoms. The number of benzene rings is 1. The summed E-state index contributed by atoms with van der Waals surface area (Å²) in [6, 6.07) is 8.51. The normalized spacial score (nSPS) is 13.3. The fraction of sp³-hybridized carbons (Fsp3) is 0.471. The molecule has 1 aromatic heterocycles. The molecular formula is C17H23BrN2S. The third kappa shape index (κ3) is 5.89. The maximum absolute atomic E-state index is 4.20. The molecule has 1 unspecified atom stereocenters. The highest BCUT2D eigenvalue weighted by Gasteiger charge is 2.17. The molecule has 1 N–H and O–H groups in total. The Bertz CT molecular complexity index is 546. The van der Waals surface area contributed by atoms with Crippen molar-refractivity contribution >= 4 is 27.3 Å². The summed E-state index contributed by atoms with van der Waals surface area (Å²) in [4.78, 5) is 5.56. The first-order chi connectivity index (χ1) is 9.94. The van der Waals surface area contributed by atoms with Gasteiger partial charge in [-0.25, -0.2) is 0 Å². The number of aromatic nitrogens is 1. The van der Waals surface area contributed by atoms with E-state index in [4.69, 9.17) is 0 Å². The number of hydrogen-bond acceptors (Lipinski definition) is 3. The summed E-state index contributed by atoms with van der Waals surface area (Å²) < 4.78 is 1.20. The molecule has 0 saturated heterocycles. The van der Waals surface area contributed by atoms with Crippen molar-refractivity contribution in [2.24, 2.45) is 5.92 Å². The van der Waals surface area contributed by atoms with Gasteiger partial charge in [0.1, 0.15) is 0 Å². The minimum absolute atomic E-state index is 0.153. The molecule has 21 heavy (non-hydrogen) atoms. The number of hydrogen-bond donors (Lipinski definition) is 1. The minimum Gasteiger partial charge on any atom is -0.312 e. The van der Waals surface area contributed by atoms with Crippen LogP contribution in [0.2, 0.25) is 0 Å². The number of rotatable bonds is 6. The topological polar surface area (TPSA) is 24.9 Å². The Kier molecular flexibility index (Phi) is 5.97. The zero-order valence-electron chi connectivity index (χ0n) is 12.9. The molecule has 0 radical (unpaired) electrons. The lowest BCUT2D eigenvalue weighted by molar-refractivity contribution is 0.368. The fourth-order valence-corrected chi connectivity index (χ4v) is 3.43. The Morgan fingerprint density at radius 2 is 2.00 bits per heavy atom. The summed E-state index contributed by atoms with van der Waals surface area (Å²) in [6.07, 6.45) is 4.15. The highest BCUT2D eigenvalue weighted by Crippen LogP contribution is 2.22. The van der Waals surface area contributed by atoms with E-state index in [1.54, 1.807) is 11.3 Å². The standard InChI is InChI=1S/C17H23BrN2S/c1-17(2,3)20-10-13(9-15-11-19-12-21-15)8-14-6-4-5-7-16(14)18/h4-7,11-13,20H,8-10H2,1-3H3. The summed E-state index contributed by atoms with van der Waals surface area (Å²) in [6.45, 7) is 7.67. The lowest BCUT2D eigenvalue weighted by atomic mass is 9.94. The van der Waals surface area contributed by atoms with Crippen molar-refractivity contribution in [3.8, 4) is 0 Å². The Hall–Kier alpha value is -0.710. The smallest absolute Gasteiger partial charge is 0.0794 e. The van der Waals surface area contributed by atoms with Crippen molar-refractivity contribution < 1.29 is 0 Å². The van der Waals surface area contributed by atoms with Gasteiger partial charge >= 0.3 is 0 Å². The lowest BCUT2D eigenvalue weighted by Gasteiger charge is -2.25. The van der Waals surface area contributed by atoms with Crippen molar-refractivity contribution in [3.63, 3.8) is 0 Å². The first-order valence-corrected chi connectivity index (χ1v) is 8.97. The lowest BCUT2D eigenvalue weighted by Crippen LogP contribution is -2.40. The van der Waals surface area contributed by atoms with Crippen LogP contribution in [0, 0.1) is 5.92 Å². The predicted octanol–water partition coefficient (Wildman–Crippen LogP) is 4.70. The first-order valence-electron chi connectivity index (χ1n) is 7.30. The van der Waals surface area contributed by atoms with Crippen LogP contribution in [0.15, 0.2) is 40.4 Å². The molecule has 0 aliphatic rings. The number of nitrogens with one attached hydrogen (secondary N) is 1. The third-order valence-corrected chi connectivity index (χ3v) is 4.94. The van der Waals surface area contributed by atoms with E-state index in [0.717, 1.165) is 19.4 Å². The average Bonchev–Trinajstić information content (AvgIpc) is 2.90. The number of halogens is 1. The number of nitrogens with zero attached hydrogens (tertiary/aromatic N) is 1. The van der Waals surface area contributed by atoms with Gasteiger partial charge in [-0.2, -0.15) is 0 Å². The molecule has 1 heterocycles. The second kappa shape index (κ2) is 7.52. The van der Waals surface area contributed by atoms with Gasteiger partial charge in [0.15, 0.2) is 0 Å². The molecule has 1 aromatic carbocycles. The SMILES string of the molecule is CC(C)(C)NCC(Cc1cncs1)Cc1ccccc1Br. The van der Waals surface area contributed by atoms with E-state index in [1.807, 2.05) is 11.7 Å². The summed E-state index contributed by atoms with van der Waals surface area (Å²) in [5.41, 5.74) is 3.45. The van der Waals surface area contributed by atoms with Crippen molar-refractivity contribution in [2.45, 2.75) is 39.2 Å². The molecule has 1 atom stereocenters. The van der Waals surface area contributed by atoms with Crippen LogP contribution in [-0.2, 0) is 12.8 Å².